The van der Waals surface area contributed by atoms with E-state index in [0.717, 1.165) is 42.2 Å². The maximum atomic E-state index is 12.4. The standard InChI is InChI=1S/C15H19NO3S/c1-18-11-5-6-12(13(9-11)19-2)15-16(7-8-20-15)14(17)10-3-4-10/h5-6,9-10,15H,3-4,7-8H2,1-2H3/t15-/m1/s1. The Kier molecular flexibility index (Phi) is 3.78. The Morgan fingerprint density at radius 2 is 2.10 bits per heavy atom. The molecule has 1 amide bonds. The van der Waals surface area contributed by atoms with E-state index in [-0.39, 0.29) is 11.3 Å². The molecule has 1 atom stereocenters. The topological polar surface area (TPSA) is 38.8 Å². The van der Waals surface area contributed by atoms with E-state index >= 15 is 0 Å². The Balaban J connectivity index is 1.88. The van der Waals surface area contributed by atoms with Crippen LogP contribution in [0.1, 0.15) is 23.8 Å². The second kappa shape index (κ2) is 5.56. The monoisotopic (exact) mass is 293 g/mol. The molecule has 4 nitrogen and oxygen atoms in total. The summed E-state index contributed by atoms with van der Waals surface area (Å²) in [6, 6.07) is 5.82. The summed E-state index contributed by atoms with van der Waals surface area (Å²) in [6.07, 6.45) is 2.10. The summed E-state index contributed by atoms with van der Waals surface area (Å²) in [5.74, 6) is 3.11. The Hall–Kier alpha value is -1.36. The predicted molar refractivity (Wildman–Crippen MR) is 79.2 cm³/mol. The molecule has 3 rings (SSSR count). The predicted octanol–water partition coefficient (Wildman–Crippen LogP) is 2.69. The van der Waals surface area contributed by atoms with Crippen molar-refractivity contribution in [2.24, 2.45) is 5.92 Å². The van der Waals surface area contributed by atoms with E-state index in [4.69, 9.17) is 9.47 Å². The van der Waals surface area contributed by atoms with Crippen LogP contribution in [0.2, 0.25) is 0 Å². The highest BCUT2D eigenvalue weighted by molar-refractivity contribution is 7.99. The summed E-state index contributed by atoms with van der Waals surface area (Å²) >= 11 is 1.80. The Morgan fingerprint density at radius 3 is 2.75 bits per heavy atom. The molecule has 0 aromatic heterocycles. The smallest absolute Gasteiger partial charge is 0.226 e. The fourth-order valence-electron chi connectivity index (χ4n) is 2.54. The summed E-state index contributed by atoms with van der Waals surface area (Å²) in [7, 11) is 3.30. The normalized spacial score (nSPS) is 21.9. The van der Waals surface area contributed by atoms with Crippen molar-refractivity contribution in [3.63, 3.8) is 0 Å². The fourth-order valence-corrected chi connectivity index (χ4v) is 3.83. The van der Waals surface area contributed by atoms with Gasteiger partial charge in [0.25, 0.3) is 0 Å². The number of ether oxygens (including phenoxy) is 2. The molecular weight excluding hydrogens is 274 g/mol. The van der Waals surface area contributed by atoms with Gasteiger partial charge in [-0.1, -0.05) is 0 Å². The van der Waals surface area contributed by atoms with Crippen LogP contribution in [0.25, 0.3) is 0 Å². The second-order valence-corrected chi connectivity index (χ2v) is 6.33. The number of carbonyl (C=O) groups excluding carboxylic acids is 1. The number of carbonyl (C=O) groups is 1. The minimum absolute atomic E-state index is 0.0731. The van der Waals surface area contributed by atoms with Crippen LogP contribution < -0.4 is 9.47 Å². The average Bonchev–Trinajstić information content (AvgIpc) is 3.23. The first-order valence-corrected chi connectivity index (χ1v) is 7.93. The zero-order valence-electron chi connectivity index (χ0n) is 11.8. The van der Waals surface area contributed by atoms with Crippen molar-refractivity contribution >= 4 is 17.7 Å². The van der Waals surface area contributed by atoms with E-state index in [9.17, 15) is 4.79 Å². The number of hydrogen-bond acceptors (Lipinski definition) is 4. The molecule has 1 saturated heterocycles. The number of rotatable bonds is 4. The molecule has 1 aromatic carbocycles. The lowest BCUT2D eigenvalue weighted by Gasteiger charge is -2.25. The molecule has 108 valence electrons. The number of hydrogen-bond donors (Lipinski definition) is 0. The average molecular weight is 293 g/mol. The molecular formula is C15H19NO3S. The van der Waals surface area contributed by atoms with E-state index < -0.39 is 0 Å². The molecule has 1 aliphatic carbocycles. The van der Waals surface area contributed by atoms with Crippen LogP contribution in [0, 0.1) is 5.92 Å². The van der Waals surface area contributed by atoms with Crippen LogP contribution in [0.3, 0.4) is 0 Å². The van der Waals surface area contributed by atoms with Crippen LogP contribution in [0.5, 0.6) is 11.5 Å². The summed E-state index contributed by atoms with van der Waals surface area (Å²) in [5, 5.41) is 0.0731. The molecule has 1 saturated carbocycles. The van der Waals surface area contributed by atoms with Gasteiger partial charge in [0.05, 0.1) is 14.2 Å². The third-order valence-electron chi connectivity index (χ3n) is 3.81. The zero-order chi connectivity index (χ0) is 14.1. The van der Waals surface area contributed by atoms with Crippen molar-refractivity contribution < 1.29 is 14.3 Å². The second-order valence-electron chi connectivity index (χ2n) is 5.14. The van der Waals surface area contributed by atoms with E-state index in [1.165, 1.54) is 0 Å². The van der Waals surface area contributed by atoms with E-state index in [2.05, 4.69) is 0 Å². The van der Waals surface area contributed by atoms with E-state index in [1.54, 1.807) is 26.0 Å². The third-order valence-corrected chi connectivity index (χ3v) is 5.05. The molecule has 2 fully saturated rings. The van der Waals surface area contributed by atoms with Crippen molar-refractivity contribution in [2.45, 2.75) is 18.2 Å². The van der Waals surface area contributed by atoms with Crippen molar-refractivity contribution in [2.75, 3.05) is 26.5 Å². The van der Waals surface area contributed by atoms with Gasteiger partial charge >= 0.3 is 0 Å². The van der Waals surface area contributed by atoms with E-state index in [1.807, 2.05) is 23.1 Å². The molecule has 2 aliphatic rings. The molecule has 1 aliphatic heterocycles. The van der Waals surface area contributed by atoms with Crippen molar-refractivity contribution in [3.8, 4) is 11.5 Å². The molecule has 5 heteroatoms. The maximum absolute atomic E-state index is 12.4. The molecule has 0 spiro atoms. The highest BCUT2D eigenvalue weighted by atomic mass is 32.2. The molecule has 0 N–H and O–H groups in total. The Labute approximate surface area is 123 Å². The van der Waals surface area contributed by atoms with Gasteiger partial charge in [-0.2, -0.15) is 0 Å². The fraction of sp³-hybridized carbons (Fsp3) is 0.533. The minimum atomic E-state index is 0.0731. The number of amides is 1. The van der Waals surface area contributed by atoms with Crippen LogP contribution >= 0.6 is 11.8 Å². The SMILES string of the molecule is COc1ccc([C@H]2SCCN2C(=O)C2CC2)c(OC)c1. The lowest BCUT2D eigenvalue weighted by atomic mass is 10.1. The molecule has 0 radical (unpaired) electrons. The van der Waals surface area contributed by atoms with Crippen LogP contribution in [0.15, 0.2) is 18.2 Å². The first kappa shape index (κ1) is 13.6. The van der Waals surface area contributed by atoms with Gasteiger partial charge in [-0.3, -0.25) is 4.79 Å². The van der Waals surface area contributed by atoms with Gasteiger partial charge in [0.15, 0.2) is 0 Å². The van der Waals surface area contributed by atoms with Gasteiger partial charge in [-0.05, 0) is 25.0 Å². The largest absolute Gasteiger partial charge is 0.497 e. The first-order valence-electron chi connectivity index (χ1n) is 6.88. The minimum Gasteiger partial charge on any atom is -0.497 e. The maximum Gasteiger partial charge on any atom is 0.226 e. The Morgan fingerprint density at radius 1 is 1.30 bits per heavy atom. The number of methoxy groups -OCH3 is 2. The van der Waals surface area contributed by atoms with Gasteiger partial charge in [0.2, 0.25) is 5.91 Å². The molecule has 20 heavy (non-hydrogen) atoms. The molecule has 1 heterocycles. The first-order chi connectivity index (χ1) is 9.74. The van der Waals surface area contributed by atoms with Crippen LogP contribution in [0.4, 0.5) is 0 Å². The lowest BCUT2D eigenvalue weighted by molar-refractivity contribution is -0.132. The van der Waals surface area contributed by atoms with Gasteiger partial charge in [-0.25, -0.2) is 0 Å². The molecule has 1 aromatic rings. The van der Waals surface area contributed by atoms with Gasteiger partial charge in [-0.15, -0.1) is 11.8 Å². The van der Waals surface area contributed by atoms with Gasteiger partial charge in [0.1, 0.15) is 16.9 Å². The summed E-state index contributed by atoms with van der Waals surface area (Å²) < 4.78 is 10.7. The summed E-state index contributed by atoms with van der Waals surface area (Å²) in [6.45, 7) is 0.833. The van der Waals surface area contributed by atoms with Crippen molar-refractivity contribution in [3.05, 3.63) is 23.8 Å². The molecule has 0 bridgehead atoms. The van der Waals surface area contributed by atoms with E-state index in [0.29, 0.717) is 5.91 Å². The summed E-state index contributed by atoms with van der Waals surface area (Å²) in [4.78, 5) is 14.4. The zero-order valence-corrected chi connectivity index (χ0v) is 12.6. The number of benzene rings is 1. The Bertz CT molecular complexity index is 516. The summed E-state index contributed by atoms with van der Waals surface area (Å²) in [5.41, 5.74) is 1.06. The highest BCUT2D eigenvalue weighted by Crippen LogP contribution is 2.45. The number of nitrogens with zero attached hydrogens (tertiary/aromatic N) is 1. The quantitative estimate of drug-likeness (QED) is 0.855. The van der Waals surface area contributed by atoms with Gasteiger partial charge < -0.3 is 14.4 Å². The number of thioether (sulfide) groups is 1. The van der Waals surface area contributed by atoms with Crippen molar-refractivity contribution in [1.82, 2.24) is 4.90 Å². The van der Waals surface area contributed by atoms with Crippen molar-refractivity contribution in [1.29, 1.82) is 0 Å². The van der Waals surface area contributed by atoms with Gasteiger partial charge in [0, 0.05) is 29.8 Å². The third kappa shape index (κ3) is 2.46. The van der Waals surface area contributed by atoms with Crippen LogP contribution in [-0.2, 0) is 4.79 Å². The molecule has 0 unspecified atom stereocenters. The van der Waals surface area contributed by atoms with Crippen LogP contribution in [-0.4, -0.2) is 37.3 Å². The highest BCUT2D eigenvalue weighted by Gasteiger charge is 2.40. The lowest BCUT2D eigenvalue weighted by Crippen LogP contribution is -2.31.